The normalized spacial score (nSPS) is 18.6. The lowest BCUT2D eigenvalue weighted by molar-refractivity contribution is 0.0912. The van der Waals surface area contributed by atoms with Crippen LogP contribution in [0.1, 0.15) is 12.5 Å². The first-order valence-electron chi connectivity index (χ1n) is 9.80. The molecule has 1 aromatic heterocycles. The Bertz CT molecular complexity index is 1070. The molecule has 0 spiro atoms. The van der Waals surface area contributed by atoms with Gasteiger partial charge in [-0.1, -0.05) is 48.6 Å². The van der Waals surface area contributed by atoms with Crippen molar-refractivity contribution in [1.82, 2.24) is 9.88 Å². The molecule has 2 N–H and O–H groups in total. The molecule has 150 valence electrons. The number of likely N-dealkylation sites (N-methyl/N-ethyl adjacent to an activating group) is 1. The Morgan fingerprint density at radius 3 is 2.62 bits per heavy atom. The average molecular weight is 394 g/mol. The summed E-state index contributed by atoms with van der Waals surface area (Å²) in [5, 5.41) is 14.9. The number of aliphatic hydroxyl groups is 1. The summed E-state index contributed by atoms with van der Waals surface area (Å²) in [6.45, 7) is 0.363. The van der Waals surface area contributed by atoms with E-state index in [2.05, 4.69) is 5.32 Å². The molecule has 1 aliphatic carbocycles. The van der Waals surface area contributed by atoms with Crippen LogP contribution in [0.25, 0.3) is 22.0 Å². The van der Waals surface area contributed by atoms with Gasteiger partial charge in [-0.3, -0.25) is 0 Å². The predicted octanol–water partition coefficient (Wildman–Crippen LogP) is 5.00. The second kappa shape index (κ2) is 8.31. The standard InChI is InChI=1S/C24H24F2N2O/c1-27-14-23(29)24(16-7-6-8-17(25)13-16)28-15-20(18-9-2-4-11-21(18)26)19-10-3-5-12-22(19)28/h2-12,15-16,23-24,27,29H,13-14H2,1H3/t16?,23-,24+/m1/s1. The zero-order valence-electron chi connectivity index (χ0n) is 16.2. The second-order valence-corrected chi connectivity index (χ2v) is 7.43. The van der Waals surface area contributed by atoms with E-state index in [9.17, 15) is 13.9 Å². The topological polar surface area (TPSA) is 37.2 Å². The van der Waals surface area contributed by atoms with Gasteiger partial charge >= 0.3 is 0 Å². The summed E-state index contributed by atoms with van der Waals surface area (Å²) in [5.41, 5.74) is 2.15. The van der Waals surface area contributed by atoms with Crippen molar-refractivity contribution in [3.8, 4) is 11.1 Å². The first-order valence-corrected chi connectivity index (χ1v) is 9.80. The molecule has 1 unspecified atom stereocenters. The molecular formula is C24H24F2N2O. The number of aliphatic hydroxyl groups excluding tert-OH is 1. The number of fused-ring (bicyclic) bond motifs is 1. The zero-order chi connectivity index (χ0) is 20.4. The number of allylic oxidation sites excluding steroid dienone is 4. The lowest BCUT2D eigenvalue weighted by Gasteiger charge is -2.32. The summed E-state index contributed by atoms with van der Waals surface area (Å²) in [7, 11) is 1.77. The molecule has 3 atom stereocenters. The zero-order valence-corrected chi connectivity index (χ0v) is 16.2. The van der Waals surface area contributed by atoms with Crippen LogP contribution in [0.15, 0.2) is 78.8 Å². The van der Waals surface area contributed by atoms with E-state index in [1.54, 1.807) is 25.3 Å². The van der Waals surface area contributed by atoms with Gasteiger partial charge in [0.2, 0.25) is 0 Å². The molecule has 2 aromatic carbocycles. The fourth-order valence-corrected chi connectivity index (χ4v) is 4.25. The van der Waals surface area contributed by atoms with E-state index < -0.39 is 12.1 Å². The Hall–Kier alpha value is -2.76. The highest BCUT2D eigenvalue weighted by atomic mass is 19.1. The molecule has 0 bridgehead atoms. The third-order valence-corrected chi connectivity index (χ3v) is 5.54. The lowest BCUT2D eigenvalue weighted by atomic mass is 9.88. The van der Waals surface area contributed by atoms with Crippen LogP contribution >= 0.6 is 0 Å². The number of nitrogens with one attached hydrogen (secondary N) is 1. The first-order chi connectivity index (χ1) is 14.1. The summed E-state index contributed by atoms with van der Waals surface area (Å²) in [6.07, 6.45) is 6.46. The quantitative estimate of drug-likeness (QED) is 0.617. The van der Waals surface area contributed by atoms with Gasteiger partial charge in [-0.25, -0.2) is 8.78 Å². The molecule has 1 aliphatic rings. The van der Waals surface area contributed by atoms with Gasteiger partial charge in [-0.05, 0) is 25.3 Å². The first kappa shape index (κ1) is 19.6. The van der Waals surface area contributed by atoms with E-state index in [0.29, 0.717) is 12.1 Å². The van der Waals surface area contributed by atoms with E-state index >= 15 is 0 Å². The number of hydrogen-bond acceptors (Lipinski definition) is 2. The minimum atomic E-state index is -0.746. The number of aromatic nitrogens is 1. The van der Waals surface area contributed by atoms with Crippen molar-refractivity contribution in [1.29, 1.82) is 0 Å². The SMILES string of the molecule is CNC[C@@H](O)[C@H](C1C=CC=C(F)C1)n1cc(-c2ccccc2F)c2ccccc21. The molecule has 0 aliphatic heterocycles. The molecule has 0 radical (unpaired) electrons. The van der Waals surface area contributed by atoms with Crippen LogP contribution in [0.3, 0.4) is 0 Å². The summed E-state index contributed by atoms with van der Waals surface area (Å²) in [5.74, 6) is -0.716. The average Bonchev–Trinajstić information content (AvgIpc) is 3.08. The molecule has 1 heterocycles. The highest BCUT2D eigenvalue weighted by Gasteiger charge is 2.31. The molecule has 0 fully saturated rings. The fourth-order valence-electron chi connectivity index (χ4n) is 4.25. The highest BCUT2D eigenvalue weighted by Crippen LogP contribution is 2.39. The van der Waals surface area contributed by atoms with Crippen LogP contribution in [0, 0.1) is 11.7 Å². The van der Waals surface area contributed by atoms with Crippen LogP contribution in [0.2, 0.25) is 0 Å². The monoisotopic (exact) mass is 394 g/mol. The van der Waals surface area contributed by atoms with E-state index in [-0.39, 0.29) is 24.0 Å². The molecule has 5 heteroatoms. The smallest absolute Gasteiger partial charge is 0.131 e. The Balaban J connectivity index is 1.89. The molecule has 0 saturated heterocycles. The van der Waals surface area contributed by atoms with E-state index in [1.165, 1.54) is 12.1 Å². The molecular weight excluding hydrogens is 370 g/mol. The molecule has 0 saturated carbocycles. The fraction of sp³-hybridized carbons (Fsp3) is 0.250. The van der Waals surface area contributed by atoms with Crippen LogP contribution < -0.4 is 5.32 Å². The maximum Gasteiger partial charge on any atom is 0.131 e. The van der Waals surface area contributed by atoms with Crippen LogP contribution in [0.4, 0.5) is 8.78 Å². The molecule has 4 rings (SSSR count). The van der Waals surface area contributed by atoms with Crippen molar-refractivity contribution in [2.45, 2.75) is 18.6 Å². The summed E-state index contributed by atoms with van der Waals surface area (Å²) in [6, 6.07) is 14.0. The molecule has 3 aromatic rings. The molecule has 3 nitrogen and oxygen atoms in total. The number of para-hydroxylation sites is 1. The third-order valence-electron chi connectivity index (χ3n) is 5.54. The van der Waals surface area contributed by atoms with Gasteiger partial charge in [0, 0.05) is 47.1 Å². The number of hydrogen-bond donors (Lipinski definition) is 2. The van der Waals surface area contributed by atoms with Gasteiger partial charge in [0.25, 0.3) is 0 Å². The second-order valence-electron chi connectivity index (χ2n) is 7.43. The van der Waals surface area contributed by atoms with Gasteiger partial charge in [0.15, 0.2) is 0 Å². The number of halogens is 2. The largest absolute Gasteiger partial charge is 0.390 e. The highest BCUT2D eigenvalue weighted by molar-refractivity contribution is 5.96. The summed E-state index contributed by atoms with van der Waals surface area (Å²) < 4.78 is 30.6. The summed E-state index contributed by atoms with van der Waals surface area (Å²) in [4.78, 5) is 0. The van der Waals surface area contributed by atoms with Crippen LogP contribution in [-0.2, 0) is 0 Å². The van der Waals surface area contributed by atoms with Crippen molar-refractivity contribution >= 4 is 10.9 Å². The van der Waals surface area contributed by atoms with Crippen molar-refractivity contribution in [3.05, 3.63) is 84.6 Å². The van der Waals surface area contributed by atoms with E-state index in [4.69, 9.17) is 0 Å². The maximum atomic E-state index is 14.6. The molecule has 0 amide bonds. The van der Waals surface area contributed by atoms with Gasteiger partial charge < -0.3 is 15.0 Å². The Morgan fingerprint density at radius 2 is 1.86 bits per heavy atom. The van der Waals surface area contributed by atoms with Crippen molar-refractivity contribution in [3.63, 3.8) is 0 Å². The van der Waals surface area contributed by atoms with E-state index in [0.717, 1.165) is 16.5 Å². The lowest BCUT2D eigenvalue weighted by Crippen LogP contribution is -2.37. The van der Waals surface area contributed by atoms with Gasteiger partial charge in [-0.2, -0.15) is 0 Å². The Kier molecular flexibility index (Phi) is 5.60. The van der Waals surface area contributed by atoms with Crippen molar-refractivity contribution in [2.24, 2.45) is 5.92 Å². The van der Waals surface area contributed by atoms with Gasteiger partial charge in [0.05, 0.1) is 12.1 Å². The number of rotatable bonds is 6. The minimum Gasteiger partial charge on any atom is -0.390 e. The minimum absolute atomic E-state index is 0.204. The number of benzene rings is 2. The Labute approximate surface area is 169 Å². The maximum absolute atomic E-state index is 14.6. The third kappa shape index (κ3) is 3.76. The molecule has 29 heavy (non-hydrogen) atoms. The Morgan fingerprint density at radius 1 is 1.10 bits per heavy atom. The van der Waals surface area contributed by atoms with Crippen LogP contribution in [-0.4, -0.2) is 29.4 Å². The van der Waals surface area contributed by atoms with Crippen molar-refractivity contribution < 1.29 is 13.9 Å². The van der Waals surface area contributed by atoms with Crippen molar-refractivity contribution in [2.75, 3.05) is 13.6 Å². The van der Waals surface area contributed by atoms with Gasteiger partial charge in [0.1, 0.15) is 11.6 Å². The summed E-state index contributed by atoms with van der Waals surface area (Å²) >= 11 is 0. The number of nitrogens with zero attached hydrogens (tertiary/aromatic N) is 1. The van der Waals surface area contributed by atoms with Crippen LogP contribution in [0.5, 0.6) is 0 Å². The van der Waals surface area contributed by atoms with Gasteiger partial charge in [-0.15, -0.1) is 0 Å². The predicted molar refractivity (Wildman–Crippen MR) is 113 cm³/mol. The van der Waals surface area contributed by atoms with E-state index in [1.807, 2.05) is 47.2 Å².